The summed E-state index contributed by atoms with van der Waals surface area (Å²) in [6.45, 7) is 4.75. The molecule has 1 unspecified atom stereocenters. The van der Waals surface area contributed by atoms with Crippen LogP contribution in [0.5, 0.6) is 0 Å². The van der Waals surface area contributed by atoms with E-state index >= 15 is 0 Å². The molecule has 13 aromatic rings. The van der Waals surface area contributed by atoms with Crippen molar-refractivity contribution in [3.8, 4) is 50.2 Å². The fourth-order valence-corrected chi connectivity index (χ4v) is 14.8. The van der Waals surface area contributed by atoms with Crippen molar-refractivity contribution in [3.05, 3.63) is 276 Å². The molecule has 1 atom stereocenters. The summed E-state index contributed by atoms with van der Waals surface area (Å²) in [5.74, 6) is 0. The fraction of sp³-hybridized carbons (Fsp3) is 0.0571. The number of nitrogens with zero attached hydrogens (tertiary/aromatic N) is 2. The van der Waals surface area contributed by atoms with Crippen molar-refractivity contribution in [1.82, 2.24) is 4.57 Å². The highest BCUT2D eigenvalue weighted by Gasteiger charge is 2.52. The summed E-state index contributed by atoms with van der Waals surface area (Å²) >= 11 is 1.91. The largest absolute Gasteiger partial charge is 0.310 e. The minimum absolute atomic E-state index is 0.146. The van der Waals surface area contributed by atoms with Crippen molar-refractivity contribution < 1.29 is 0 Å². The maximum absolute atomic E-state index is 2.53. The number of para-hydroxylation sites is 2. The first-order chi connectivity index (χ1) is 36.0. The van der Waals surface area contributed by atoms with Crippen LogP contribution in [0.15, 0.2) is 243 Å². The Hall–Kier alpha value is -8.76. The van der Waals surface area contributed by atoms with Crippen LogP contribution in [0.1, 0.15) is 47.2 Å². The quantitative estimate of drug-likeness (QED) is 0.167. The van der Waals surface area contributed by atoms with Crippen LogP contribution in [0.25, 0.3) is 92.2 Å². The number of fused-ring (bicyclic) bond motifs is 19. The van der Waals surface area contributed by atoms with Gasteiger partial charge in [-0.3, -0.25) is 0 Å². The third-order valence-electron chi connectivity index (χ3n) is 16.8. The van der Waals surface area contributed by atoms with Crippen LogP contribution < -0.4 is 4.90 Å². The molecule has 2 heterocycles. The molecule has 0 bridgehead atoms. The summed E-state index contributed by atoms with van der Waals surface area (Å²) in [7, 11) is 0. The fourth-order valence-electron chi connectivity index (χ4n) is 13.7. The van der Waals surface area contributed by atoms with Gasteiger partial charge >= 0.3 is 0 Å². The van der Waals surface area contributed by atoms with E-state index in [1.54, 1.807) is 0 Å². The van der Waals surface area contributed by atoms with Gasteiger partial charge in [0.25, 0.3) is 0 Å². The number of hydrogen-bond donors (Lipinski definition) is 0. The normalized spacial score (nSPS) is 15.4. The Balaban J connectivity index is 0.885. The molecule has 11 aromatic carbocycles. The van der Waals surface area contributed by atoms with Crippen LogP contribution in [0.3, 0.4) is 0 Å². The van der Waals surface area contributed by atoms with E-state index in [-0.39, 0.29) is 5.41 Å². The first-order valence-corrected chi connectivity index (χ1v) is 26.3. The van der Waals surface area contributed by atoms with Crippen molar-refractivity contribution >= 4 is 70.4 Å². The summed E-state index contributed by atoms with van der Waals surface area (Å²) in [4.78, 5) is 2.47. The summed E-state index contributed by atoms with van der Waals surface area (Å²) in [5.41, 5.74) is 24.9. The Labute approximate surface area is 428 Å². The van der Waals surface area contributed by atoms with Crippen LogP contribution in [-0.2, 0) is 10.8 Å². The van der Waals surface area contributed by atoms with Gasteiger partial charge in [-0.2, -0.15) is 0 Å². The molecule has 0 amide bonds. The number of thiophene rings is 1. The van der Waals surface area contributed by atoms with Gasteiger partial charge in [0.1, 0.15) is 0 Å². The van der Waals surface area contributed by atoms with Crippen LogP contribution in [0.2, 0.25) is 0 Å². The Bertz CT molecular complexity index is 4470. The molecule has 0 aliphatic heterocycles. The molecular weight excluding hydrogens is 901 g/mol. The molecular formula is C70H46N2S. The Morgan fingerprint density at radius 3 is 1.75 bits per heavy atom. The van der Waals surface area contributed by atoms with Crippen LogP contribution in [0.4, 0.5) is 17.1 Å². The van der Waals surface area contributed by atoms with E-state index in [0.29, 0.717) is 0 Å². The molecule has 3 aliphatic carbocycles. The van der Waals surface area contributed by atoms with Gasteiger partial charge in [0.2, 0.25) is 0 Å². The average molecular weight is 947 g/mol. The summed E-state index contributed by atoms with van der Waals surface area (Å²) in [5, 5.41) is 5.16. The van der Waals surface area contributed by atoms with Crippen molar-refractivity contribution in [1.29, 1.82) is 0 Å². The predicted octanol–water partition coefficient (Wildman–Crippen LogP) is 18.9. The topological polar surface area (TPSA) is 8.17 Å². The molecule has 0 saturated carbocycles. The van der Waals surface area contributed by atoms with Crippen LogP contribution in [-0.4, -0.2) is 4.57 Å². The van der Waals surface area contributed by atoms with Crippen LogP contribution in [0, 0.1) is 0 Å². The predicted molar refractivity (Wildman–Crippen MR) is 308 cm³/mol. The molecule has 2 nitrogen and oxygen atoms in total. The molecule has 0 N–H and O–H groups in total. The zero-order valence-electron chi connectivity index (χ0n) is 40.4. The second-order valence-electron chi connectivity index (χ2n) is 20.7. The molecule has 0 fully saturated rings. The van der Waals surface area contributed by atoms with Crippen LogP contribution >= 0.6 is 11.3 Å². The van der Waals surface area contributed by atoms with Crippen molar-refractivity contribution in [2.24, 2.45) is 0 Å². The molecule has 0 radical (unpaired) electrons. The van der Waals surface area contributed by atoms with Gasteiger partial charge < -0.3 is 9.47 Å². The Kier molecular flexibility index (Phi) is 8.35. The van der Waals surface area contributed by atoms with E-state index in [0.717, 1.165) is 22.7 Å². The highest BCUT2D eigenvalue weighted by atomic mass is 32.1. The van der Waals surface area contributed by atoms with E-state index in [4.69, 9.17) is 0 Å². The smallest absolute Gasteiger partial charge is 0.0726 e. The summed E-state index contributed by atoms with van der Waals surface area (Å²) in [6.07, 6.45) is 0. The summed E-state index contributed by atoms with van der Waals surface area (Å²) < 4.78 is 5.10. The van der Waals surface area contributed by atoms with E-state index < -0.39 is 5.41 Å². The van der Waals surface area contributed by atoms with E-state index in [2.05, 4.69) is 266 Å². The van der Waals surface area contributed by atoms with E-state index in [1.807, 2.05) is 11.3 Å². The first-order valence-electron chi connectivity index (χ1n) is 25.5. The molecule has 73 heavy (non-hydrogen) atoms. The maximum Gasteiger partial charge on any atom is 0.0726 e. The minimum atomic E-state index is -0.448. The second-order valence-corrected chi connectivity index (χ2v) is 21.8. The van der Waals surface area contributed by atoms with E-state index in [9.17, 15) is 0 Å². The van der Waals surface area contributed by atoms with Gasteiger partial charge in [0, 0.05) is 59.1 Å². The lowest BCUT2D eigenvalue weighted by Crippen LogP contribution is -2.25. The van der Waals surface area contributed by atoms with Crippen molar-refractivity contribution in [2.75, 3.05) is 4.90 Å². The molecule has 16 rings (SSSR count). The van der Waals surface area contributed by atoms with Gasteiger partial charge in [0.05, 0.1) is 16.4 Å². The standard InChI is InChI=1S/C70H46N2S/c1-69(2)58-25-11-6-19-49(58)51-37-35-46(39-62(51)69)71(47-36-38-53-52-21-9-14-29-64(52)72(65(53)40-47)44-17-4-3-5-18-44)45-33-31-43(32-34-45)48-24-16-28-61-68(48)55-23-8-13-27-60(55)70(61)59-26-12-7-20-50(59)56-41-57-54-22-10-15-30-66(54)73-67(57)42-63(56)70/h3-42H,1-2H3. The summed E-state index contributed by atoms with van der Waals surface area (Å²) in [6, 6.07) is 91.4. The molecule has 0 saturated heterocycles. The number of aromatic nitrogens is 1. The second kappa shape index (κ2) is 14.9. The maximum atomic E-state index is 2.53. The Morgan fingerprint density at radius 2 is 0.932 bits per heavy atom. The van der Waals surface area contributed by atoms with Gasteiger partial charge in [-0.05, 0) is 151 Å². The van der Waals surface area contributed by atoms with E-state index in [1.165, 1.54) is 120 Å². The first kappa shape index (κ1) is 40.9. The highest BCUT2D eigenvalue weighted by Crippen LogP contribution is 2.65. The van der Waals surface area contributed by atoms with Gasteiger partial charge in [-0.1, -0.05) is 184 Å². The van der Waals surface area contributed by atoms with Gasteiger partial charge in [-0.25, -0.2) is 0 Å². The highest BCUT2D eigenvalue weighted by molar-refractivity contribution is 7.25. The molecule has 342 valence electrons. The third-order valence-corrected chi connectivity index (χ3v) is 17.9. The number of anilines is 3. The zero-order valence-corrected chi connectivity index (χ0v) is 41.2. The third kappa shape index (κ3) is 5.47. The molecule has 1 spiro atoms. The SMILES string of the molecule is CC1(C)c2ccccc2-c2ccc(N(c3ccc(-c4cccc5c4-c4ccccc4C54c5ccccc5-c5cc6c(cc54)sc4ccccc46)cc3)c3ccc4c5ccccc5n(-c5ccccc5)c4c3)cc21. The molecule has 3 aliphatic rings. The van der Waals surface area contributed by atoms with Gasteiger partial charge in [0.15, 0.2) is 0 Å². The molecule has 2 aromatic heterocycles. The lowest BCUT2D eigenvalue weighted by Gasteiger charge is -2.30. The lowest BCUT2D eigenvalue weighted by atomic mass is 9.70. The van der Waals surface area contributed by atoms with Crippen molar-refractivity contribution in [2.45, 2.75) is 24.7 Å². The number of rotatable bonds is 5. The zero-order chi connectivity index (χ0) is 48.2. The monoisotopic (exact) mass is 946 g/mol. The van der Waals surface area contributed by atoms with Crippen molar-refractivity contribution in [3.63, 3.8) is 0 Å². The lowest BCUT2D eigenvalue weighted by molar-refractivity contribution is 0.660. The Morgan fingerprint density at radius 1 is 0.342 bits per heavy atom. The number of hydrogen-bond acceptors (Lipinski definition) is 2. The van der Waals surface area contributed by atoms with Gasteiger partial charge in [-0.15, -0.1) is 11.3 Å². The average Bonchev–Trinajstić information content (AvgIpc) is 4.20. The number of benzene rings is 11. The minimum Gasteiger partial charge on any atom is -0.310 e. The molecule has 3 heteroatoms.